The van der Waals surface area contributed by atoms with Crippen molar-refractivity contribution in [1.82, 2.24) is 20.2 Å². The maximum absolute atomic E-state index is 12.8. The highest BCUT2D eigenvalue weighted by molar-refractivity contribution is 7.99. The van der Waals surface area contributed by atoms with E-state index in [1.54, 1.807) is 11.8 Å². The highest BCUT2D eigenvalue weighted by atomic mass is 32.2. The Morgan fingerprint density at radius 2 is 1.55 bits per heavy atom. The normalized spacial score (nSPS) is 25.4. The number of hydrogen-bond acceptors (Lipinski definition) is 3. The summed E-state index contributed by atoms with van der Waals surface area (Å²) in [7, 11) is 0. The SMILES string of the molecule is CCCn1c(SCCCNC(=O)NC23CC4CC(CC(C4)C2)C3)nc(-c2ccccc2)c1-c1ccccc1. The van der Waals surface area contributed by atoms with Crippen LogP contribution in [0.25, 0.3) is 22.5 Å². The molecule has 5 nitrogen and oxygen atoms in total. The van der Waals surface area contributed by atoms with Crippen molar-refractivity contribution < 1.29 is 4.79 Å². The first-order valence-electron chi connectivity index (χ1n) is 14.5. The number of amides is 2. The Morgan fingerprint density at radius 3 is 2.16 bits per heavy atom. The lowest BCUT2D eigenvalue weighted by Crippen LogP contribution is -2.61. The third-order valence-corrected chi connectivity index (χ3v) is 9.79. The van der Waals surface area contributed by atoms with Crippen LogP contribution in [-0.4, -0.2) is 33.4 Å². The van der Waals surface area contributed by atoms with Crippen molar-refractivity contribution >= 4 is 17.8 Å². The molecule has 1 heterocycles. The number of hydrogen-bond donors (Lipinski definition) is 2. The predicted octanol–water partition coefficient (Wildman–Crippen LogP) is 7.38. The first kappa shape index (κ1) is 25.5. The van der Waals surface area contributed by atoms with Crippen LogP contribution in [0.5, 0.6) is 0 Å². The Kier molecular flexibility index (Phi) is 7.51. The van der Waals surface area contributed by atoms with Gasteiger partial charge < -0.3 is 15.2 Å². The Morgan fingerprint density at radius 1 is 0.947 bits per heavy atom. The van der Waals surface area contributed by atoms with Gasteiger partial charge in [0.15, 0.2) is 5.16 Å². The van der Waals surface area contributed by atoms with E-state index in [9.17, 15) is 4.79 Å². The van der Waals surface area contributed by atoms with E-state index in [2.05, 4.69) is 82.8 Å². The summed E-state index contributed by atoms with van der Waals surface area (Å²) >= 11 is 1.80. The Balaban J connectivity index is 1.09. The minimum atomic E-state index is 0.0298. The number of benzene rings is 2. The van der Waals surface area contributed by atoms with Gasteiger partial charge in [-0.3, -0.25) is 0 Å². The lowest BCUT2D eigenvalue weighted by molar-refractivity contribution is -0.0135. The van der Waals surface area contributed by atoms with Crippen LogP contribution < -0.4 is 10.6 Å². The van der Waals surface area contributed by atoms with Crippen LogP contribution in [-0.2, 0) is 6.54 Å². The first-order chi connectivity index (χ1) is 18.6. The minimum Gasteiger partial charge on any atom is -0.338 e. The number of nitrogens with one attached hydrogen (secondary N) is 2. The Labute approximate surface area is 231 Å². The summed E-state index contributed by atoms with van der Waals surface area (Å²) in [5.74, 6) is 3.44. The largest absolute Gasteiger partial charge is 0.338 e. The fourth-order valence-corrected chi connectivity index (χ4v) is 8.61. The summed E-state index contributed by atoms with van der Waals surface area (Å²) in [4.78, 5) is 18.0. The van der Waals surface area contributed by atoms with E-state index in [0.717, 1.165) is 59.3 Å². The maximum atomic E-state index is 12.8. The number of urea groups is 1. The van der Waals surface area contributed by atoms with Gasteiger partial charge in [-0.1, -0.05) is 79.3 Å². The zero-order valence-corrected chi connectivity index (χ0v) is 23.3. The van der Waals surface area contributed by atoms with Gasteiger partial charge in [0.05, 0.1) is 11.4 Å². The highest BCUT2D eigenvalue weighted by Gasteiger charge is 2.51. The third kappa shape index (κ3) is 5.38. The van der Waals surface area contributed by atoms with E-state index in [4.69, 9.17) is 4.98 Å². The van der Waals surface area contributed by atoms with Gasteiger partial charge in [0.25, 0.3) is 0 Å². The molecule has 7 rings (SSSR count). The molecule has 0 atom stereocenters. The number of thioether (sulfide) groups is 1. The Hall–Kier alpha value is -2.73. The summed E-state index contributed by atoms with van der Waals surface area (Å²) < 4.78 is 2.38. The number of carbonyl (C=O) groups excluding carboxylic acids is 1. The van der Waals surface area contributed by atoms with Crippen molar-refractivity contribution in [3.05, 3.63) is 60.7 Å². The van der Waals surface area contributed by atoms with Crippen LogP contribution in [0, 0.1) is 17.8 Å². The van der Waals surface area contributed by atoms with E-state index >= 15 is 0 Å². The number of aromatic nitrogens is 2. The molecule has 38 heavy (non-hydrogen) atoms. The van der Waals surface area contributed by atoms with Crippen LogP contribution in [0.2, 0.25) is 0 Å². The molecule has 6 heteroatoms. The van der Waals surface area contributed by atoms with Gasteiger partial charge in [-0.25, -0.2) is 9.78 Å². The van der Waals surface area contributed by atoms with Crippen molar-refractivity contribution in [3.8, 4) is 22.5 Å². The average Bonchev–Trinajstić information content (AvgIpc) is 3.26. The van der Waals surface area contributed by atoms with Gasteiger partial charge in [-0.05, 0) is 69.1 Å². The molecule has 0 radical (unpaired) electrons. The molecular formula is C32H40N4OS. The quantitative estimate of drug-likeness (QED) is 0.213. The minimum absolute atomic E-state index is 0.0298. The van der Waals surface area contributed by atoms with Gasteiger partial charge in [-0.15, -0.1) is 0 Å². The molecule has 200 valence electrons. The molecule has 4 aliphatic carbocycles. The smallest absolute Gasteiger partial charge is 0.315 e. The second kappa shape index (κ2) is 11.2. The van der Waals surface area contributed by atoms with E-state index in [1.165, 1.54) is 49.8 Å². The van der Waals surface area contributed by atoms with Crippen LogP contribution in [0.15, 0.2) is 65.8 Å². The molecule has 0 saturated heterocycles. The van der Waals surface area contributed by atoms with Gasteiger partial charge in [0, 0.05) is 35.5 Å². The summed E-state index contributed by atoms with van der Waals surface area (Å²) in [5, 5.41) is 7.65. The van der Waals surface area contributed by atoms with Gasteiger partial charge in [0.1, 0.15) is 0 Å². The molecule has 2 N–H and O–H groups in total. The van der Waals surface area contributed by atoms with Crippen molar-refractivity contribution in [2.45, 2.75) is 75.5 Å². The zero-order chi connectivity index (χ0) is 26.0. The average molecular weight is 529 g/mol. The number of imidazole rings is 1. The maximum Gasteiger partial charge on any atom is 0.315 e. The summed E-state index contributed by atoms with van der Waals surface area (Å²) in [6.07, 6.45) is 9.72. The molecule has 0 spiro atoms. The monoisotopic (exact) mass is 528 g/mol. The van der Waals surface area contributed by atoms with E-state index in [1.807, 2.05) is 0 Å². The molecular weight excluding hydrogens is 488 g/mol. The number of rotatable bonds is 10. The highest BCUT2D eigenvalue weighted by Crippen LogP contribution is 2.55. The standard InChI is InChI=1S/C32H40N4OS/c1-2-15-36-29(27-12-7-4-8-13-27)28(26-10-5-3-6-11-26)34-31(36)38-16-9-14-33-30(37)35-32-20-23-17-24(21-32)19-25(18-23)22-32/h3-8,10-13,23-25H,2,9,14-22H2,1H3,(H2,33,35,37). The van der Waals surface area contributed by atoms with E-state index in [-0.39, 0.29) is 11.6 Å². The van der Waals surface area contributed by atoms with Crippen molar-refractivity contribution in [2.75, 3.05) is 12.3 Å². The lowest BCUT2D eigenvalue weighted by Gasteiger charge is -2.56. The van der Waals surface area contributed by atoms with Crippen LogP contribution >= 0.6 is 11.8 Å². The lowest BCUT2D eigenvalue weighted by atomic mass is 9.53. The van der Waals surface area contributed by atoms with Crippen molar-refractivity contribution in [1.29, 1.82) is 0 Å². The molecule has 0 unspecified atom stereocenters. The molecule has 4 bridgehead atoms. The van der Waals surface area contributed by atoms with E-state index < -0.39 is 0 Å². The topological polar surface area (TPSA) is 59.0 Å². The fourth-order valence-electron chi connectivity index (χ4n) is 7.65. The first-order valence-corrected chi connectivity index (χ1v) is 15.5. The molecule has 4 saturated carbocycles. The zero-order valence-electron chi connectivity index (χ0n) is 22.5. The Bertz CT molecular complexity index is 1200. The molecule has 2 amide bonds. The molecule has 4 fully saturated rings. The third-order valence-electron chi connectivity index (χ3n) is 8.73. The van der Waals surface area contributed by atoms with Crippen LogP contribution in [0.3, 0.4) is 0 Å². The van der Waals surface area contributed by atoms with Gasteiger partial charge in [0.2, 0.25) is 0 Å². The second-order valence-corrected chi connectivity index (χ2v) is 12.8. The molecule has 4 aliphatic rings. The summed E-state index contributed by atoms with van der Waals surface area (Å²) in [6, 6.07) is 21.1. The predicted molar refractivity (Wildman–Crippen MR) is 156 cm³/mol. The molecule has 3 aromatic rings. The molecule has 0 aliphatic heterocycles. The number of carbonyl (C=O) groups is 1. The molecule has 1 aromatic heterocycles. The van der Waals surface area contributed by atoms with Gasteiger partial charge >= 0.3 is 6.03 Å². The van der Waals surface area contributed by atoms with Gasteiger partial charge in [-0.2, -0.15) is 0 Å². The van der Waals surface area contributed by atoms with Crippen LogP contribution in [0.4, 0.5) is 4.79 Å². The van der Waals surface area contributed by atoms with E-state index in [0.29, 0.717) is 6.54 Å². The van der Waals surface area contributed by atoms with Crippen molar-refractivity contribution in [3.63, 3.8) is 0 Å². The number of nitrogens with zero attached hydrogens (tertiary/aromatic N) is 2. The van der Waals surface area contributed by atoms with Crippen molar-refractivity contribution in [2.24, 2.45) is 17.8 Å². The van der Waals surface area contributed by atoms with Crippen LogP contribution in [0.1, 0.15) is 58.3 Å². The summed E-state index contributed by atoms with van der Waals surface area (Å²) in [5.41, 5.74) is 4.64. The summed E-state index contributed by atoms with van der Waals surface area (Å²) in [6.45, 7) is 3.84. The fraction of sp³-hybridized carbons (Fsp3) is 0.500. The second-order valence-electron chi connectivity index (χ2n) is 11.8. The molecule has 2 aromatic carbocycles.